The molecule has 1 aromatic rings. The highest BCUT2D eigenvalue weighted by Gasteiger charge is 2.38. The topological polar surface area (TPSA) is 99.2 Å². The third-order valence-corrected chi connectivity index (χ3v) is 3.73. The Morgan fingerprint density at radius 3 is 2.53 bits per heavy atom. The summed E-state index contributed by atoms with van der Waals surface area (Å²) in [7, 11) is 0. The van der Waals surface area contributed by atoms with E-state index < -0.39 is 11.4 Å². The molecule has 2 N–H and O–H groups in total. The molecule has 1 amide bonds. The van der Waals surface area contributed by atoms with Crippen LogP contribution in [-0.2, 0) is 11.2 Å². The number of nitrogens with one attached hydrogen (secondary N) is 1. The fourth-order valence-corrected chi connectivity index (χ4v) is 2.11. The molecule has 1 aliphatic rings. The summed E-state index contributed by atoms with van der Waals surface area (Å²) in [4.78, 5) is 29.0. The first-order valence-corrected chi connectivity index (χ1v) is 6.40. The maximum atomic E-state index is 12.1. The van der Waals surface area contributed by atoms with E-state index in [9.17, 15) is 9.59 Å². The van der Waals surface area contributed by atoms with Gasteiger partial charge in [0.05, 0.1) is 5.41 Å². The Balaban J connectivity index is 2.01. The predicted molar refractivity (Wildman–Crippen MR) is 66.6 cm³/mol. The highest BCUT2D eigenvalue weighted by Crippen LogP contribution is 2.31. The molecule has 0 spiro atoms. The summed E-state index contributed by atoms with van der Waals surface area (Å²) >= 11 is 0. The minimum Gasteiger partial charge on any atom is -0.481 e. The maximum Gasteiger partial charge on any atom is 0.309 e. The summed E-state index contributed by atoms with van der Waals surface area (Å²) in [5.74, 6) is -0.194. The number of H-pyrrole nitrogens is 1. The van der Waals surface area contributed by atoms with Crippen molar-refractivity contribution in [3.63, 3.8) is 0 Å². The summed E-state index contributed by atoms with van der Waals surface area (Å²) in [6, 6.07) is 0. The molecule has 0 bridgehead atoms. The van der Waals surface area contributed by atoms with Crippen LogP contribution in [0.1, 0.15) is 43.1 Å². The summed E-state index contributed by atoms with van der Waals surface area (Å²) in [5.41, 5.74) is -0.732. The van der Waals surface area contributed by atoms with Gasteiger partial charge < -0.3 is 10.0 Å². The molecule has 2 rings (SSSR count). The van der Waals surface area contributed by atoms with E-state index in [1.165, 1.54) is 0 Å². The number of aromatic amines is 1. The Hall–Kier alpha value is -1.92. The number of carboxylic acid groups (broad SMARTS) is 1. The molecule has 0 saturated carbocycles. The zero-order valence-electron chi connectivity index (χ0n) is 11.1. The van der Waals surface area contributed by atoms with Crippen molar-refractivity contribution in [1.29, 1.82) is 0 Å². The standard InChI is InChI=1S/C12H18N4O3/c1-3-8-13-9(15-14-8)10(17)16-6-4-12(2,5-7-16)11(18)19/h3-7H2,1-2H3,(H,18,19)(H,13,14,15). The quantitative estimate of drug-likeness (QED) is 0.838. The highest BCUT2D eigenvalue weighted by molar-refractivity contribution is 5.90. The monoisotopic (exact) mass is 266 g/mol. The number of aryl methyl sites for hydroxylation is 1. The van der Waals surface area contributed by atoms with Crippen LogP contribution in [0.3, 0.4) is 0 Å². The van der Waals surface area contributed by atoms with Crippen LogP contribution in [0, 0.1) is 5.41 Å². The normalized spacial score (nSPS) is 18.3. The van der Waals surface area contributed by atoms with E-state index >= 15 is 0 Å². The van der Waals surface area contributed by atoms with Crippen LogP contribution in [0.5, 0.6) is 0 Å². The smallest absolute Gasteiger partial charge is 0.309 e. The first-order valence-electron chi connectivity index (χ1n) is 6.40. The first kappa shape index (κ1) is 13.5. The van der Waals surface area contributed by atoms with Crippen molar-refractivity contribution in [2.45, 2.75) is 33.1 Å². The van der Waals surface area contributed by atoms with Gasteiger partial charge in [0, 0.05) is 19.5 Å². The molecule has 104 valence electrons. The van der Waals surface area contributed by atoms with Gasteiger partial charge in [-0.25, -0.2) is 4.98 Å². The van der Waals surface area contributed by atoms with E-state index in [0.29, 0.717) is 38.2 Å². The lowest BCUT2D eigenvalue weighted by Crippen LogP contribution is -2.45. The summed E-state index contributed by atoms with van der Waals surface area (Å²) in [6.07, 6.45) is 1.61. The average Bonchev–Trinajstić information content (AvgIpc) is 2.87. The molecular weight excluding hydrogens is 248 g/mol. The van der Waals surface area contributed by atoms with Crippen LogP contribution in [-0.4, -0.2) is 50.2 Å². The zero-order valence-corrected chi connectivity index (χ0v) is 11.1. The number of piperidine rings is 1. The van der Waals surface area contributed by atoms with Gasteiger partial charge in [-0.05, 0) is 19.8 Å². The van der Waals surface area contributed by atoms with Gasteiger partial charge in [-0.3, -0.25) is 14.7 Å². The molecule has 1 saturated heterocycles. The number of carbonyl (C=O) groups excluding carboxylic acids is 1. The molecule has 1 fully saturated rings. The molecule has 1 aromatic heterocycles. The van der Waals surface area contributed by atoms with Gasteiger partial charge in [-0.1, -0.05) is 6.92 Å². The minimum absolute atomic E-state index is 0.163. The second-order valence-electron chi connectivity index (χ2n) is 5.12. The fourth-order valence-electron chi connectivity index (χ4n) is 2.11. The van der Waals surface area contributed by atoms with Crippen molar-refractivity contribution in [2.24, 2.45) is 5.41 Å². The molecule has 0 atom stereocenters. The SMILES string of the molecule is CCc1nc(C(=O)N2CCC(C)(C(=O)O)CC2)n[nH]1. The van der Waals surface area contributed by atoms with Gasteiger partial charge in [0.15, 0.2) is 0 Å². The van der Waals surface area contributed by atoms with Crippen LogP contribution in [0.25, 0.3) is 0 Å². The van der Waals surface area contributed by atoms with E-state index in [0.717, 1.165) is 0 Å². The summed E-state index contributed by atoms with van der Waals surface area (Å²) in [6.45, 7) is 4.50. The average molecular weight is 266 g/mol. The molecular formula is C12H18N4O3. The number of aliphatic carboxylic acids is 1. The number of hydrogen-bond acceptors (Lipinski definition) is 4. The second kappa shape index (κ2) is 4.99. The maximum absolute atomic E-state index is 12.1. The van der Waals surface area contributed by atoms with Crippen molar-refractivity contribution in [1.82, 2.24) is 20.1 Å². The van der Waals surface area contributed by atoms with Crippen molar-refractivity contribution in [2.75, 3.05) is 13.1 Å². The van der Waals surface area contributed by atoms with Crippen LogP contribution < -0.4 is 0 Å². The number of likely N-dealkylation sites (tertiary alicyclic amines) is 1. The molecule has 2 heterocycles. The van der Waals surface area contributed by atoms with E-state index in [2.05, 4.69) is 15.2 Å². The zero-order chi connectivity index (χ0) is 14.0. The predicted octanol–water partition coefficient (Wildman–Crippen LogP) is 0.694. The van der Waals surface area contributed by atoms with Crippen LogP contribution >= 0.6 is 0 Å². The summed E-state index contributed by atoms with van der Waals surface area (Å²) in [5, 5.41) is 15.7. The second-order valence-corrected chi connectivity index (χ2v) is 5.12. The molecule has 0 unspecified atom stereocenters. The molecule has 0 aliphatic carbocycles. The number of hydrogen-bond donors (Lipinski definition) is 2. The summed E-state index contributed by atoms with van der Waals surface area (Å²) < 4.78 is 0. The lowest BCUT2D eigenvalue weighted by atomic mass is 9.80. The van der Waals surface area contributed by atoms with Crippen LogP contribution in [0.15, 0.2) is 0 Å². The van der Waals surface area contributed by atoms with Gasteiger partial charge in [-0.2, -0.15) is 0 Å². The Kier molecular flexibility index (Phi) is 3.55. The number of carboxylic acids is 1. The largest absolute Gasteiger partial charge is 0.481 e. The molecule has 7 heteroatoms. The van der Waals surface area contributed by atoms with E-state index in [1.54, 1.807) is 11.8 Å². The van der Waals surface area contributed by atoms with Gasteiger partial charge in [0.25, 0.3) is 5.91 Å². The lowest BCUT2D eigenvalue weighted by Gasteiger charge is -2.35. The van der Waals surface area contributed by atoms with Gasteiger partial charge >= 0.3 is 5.97 Å². The Labute approximate surface area is 111 Å². The molecule has 0 radical (unpaired) electrons. The van der Waals surface area contributed by atoms with Crippen LogP contribution in [0.4, 0.5) is 0 Å². The molecule has 7 nitrogen and oxygen atoms in total. The number of rotatable bonds is 3. The van der Waals surface area contributed by atoms with Gasteiger partial charge in [0.2, 0.25) is 5.82 Å². The number of aromatic nitrogens is 3. The molecule has 0 aromatic carbocycles. The van der Waals surface area contributed by atoms with E-state index in [4.69, 9.17) is 5.11 Å². The lowest BCUT2D eigenvalue weighted by molar-refractivity contribution is -0.150. The number of nitrogens with zero attached hydrogens (tertiary/aromatic N) is 3. The van der Waals surface area contributed by atoms with Crippen LogP contribution in [0.2, 0.25) is 0 Å². The minimum atomic E-state index is -0.800. The Bertz CT molecular complexity index is 489. The third kappa shape index (κ3) is 2.59. The van der Waals surface area contributed by atoms with Crippen molar-refractivity contribution >= 4 is 11.9 Å². The van der Waals surface area contributed by atoms with Crippen molar-refractivity contribution in [3.8, 4) is 0 Å². The Morgan fingerprint density at radius 2 is 2.05 bits per heavy atom. The first-order chi connectivity index (χ1) is 8.96. The fraction of sp³-hybridized carbons (Fsp3) is 0.667. The number of carbonyl (C=O) groups is 2. The molecule has 1 aliphatic heterocycles. The highest BCUT2D eigenvalue weighted by atomic mass is 16.4. The van der Waals surface area contributed by atoms with Gasteiger partial charge in [0.1, 0.15) is 5.82 Å². The third-order valence-electron chi connectivity index (χ3n) is 3.73. The van der Waals surface area contributed by atoms with Crippen molar-refractivity contribution in [3.05, 3.63) is 11.6 Å². The Morgan fingerprint density at radius 1 is 1.42 bits per heavy atom. The number of amides is 1. The van der Waals surface area contributed by atoms with E-state index in [-0.39, 0.29) is 11.7 Å². The van der Waals surface area contributed by atoms with E-state index in [1.807, 2.05) is 6.92 Å². The van der Waals surface area contributed by atoms with Crippen molar-refractivity contribution < 1.29 is 14.7 Å². The molecule has 19 heavy (non-hydrogen) atoms. The van der Waals surface area contributed by atoms with Gasteiger partial charge in [-0.15, -0.1) is 5.10 Å².